The lowest BCUT2D eigenvalue weighted by atomic mass is 9.89. The maximum Gasteiger partial charge on any atom is 0.251 e. The molecule has 28 heavy (non-hydrogen) atoms. The highest BCUT2D eigenvalue weighted by molar-refractivity contribution is 5.98. The van der Waals surface area contributed by atoms with Crippen LogP contribution in [-0.2, 0) is 12.8 Å². The molecule has 0 atom stereocenters. The Labute approximate surface area is 166 Å². The van der Waals surface area contributed by atoms with Gasteiger partial charge in [0.1, 0.15) is 0 Å². The topological polar surface area (TPSA) is 49.4 Å². The summed E-state index contributed by atoms with van der Waals surface area (Å²) < 4.78 is 0. The van der Waals surface area contributed by atoms with Crippen molar-refractivity contribution >= 4 is 11.7 Å². The Morgan fingerprint density at radius 1 is 0.893 bits per heavy atom. The summed E-state index contributed by atoms with van der Waals surface area (Å²) >= 11 is 0. The molecule has 4 nitrogen and oxygen atoms in total. The van der Waals surface area contributed by atoms with E-state index in [4.69, 9.17) is 0 Å². The first kappa shape index (κ1) is 18.9. The third-order valence-electron chi connectivity index (χ3n) is 6.00. The second-order valence-electron chi connectivity index (χ2n) is 8.00. The summed E-state index contributed by atoms with van der Waals surface area (Å²) in [5, 5.41) is 3.12. The van der Waals surface area contributed by atoms with Crippen molar-refractivity contribution < 1.29 is 9.59 Å². The number of nitrogens with zero attached hydrogens (tertiary/aromatic N) is 1. The molecule has 2 aromatic carbocycles. The van der Waals surface area contributed by atoms with Gasteiger partial charge in [-0.15, -0.1) is 0 Å². The number of ketones is 1. The summed E-state index contributed by atoms with van der Waals surface area (Å²) in [4.78, 5) is 27.2. The normalized spacial score (nSPS) is 17.7. The Balaban J connectivity index is 1.27. The predicted molar refractivity (Wildman–Crippen MR) is 111 cm³/mol. The van der Waals surface area contributed by atoms with Gasteiger partial charge in [0, 0.05) is 30.3 Å². The zero-order chi connectivity index (χ0) is 19.3. The van der Waals surface area contributed by atoms with Gasteiger partial charge in [-0.05, 0) is 67.9 Å². The van der Waals surface area contributed by atoms with E-state index >= 15 is 0 Å². The smallest absolute Gasteiger partial charge is 0.251 e. The minimum atomic E-state index is -0.0100. The molecular weight excluding hydrogens is 348 g/mol. The van der Waals surface area contributed by atoms with Crippen LogP contribution in [0.1, 0.15) is 57.5 Å². The minimum Gasteiger partial charge on any atom is -0.349 e. The molecule has 146 valence electrons. The van der Waals surface area contributed by atoms with Gasteiger partial charge >= 0.3 is 0 Å². The quantitative estimate of drug-likeness (QED) is 0.811. The second-order valence-corrected chi connectivity index (χ2v) is 8.00. The molecule has 4 rings (SSSR count). The van der Waals surface area contributed by atoms with Crippen LogP contribution < -0.4 is 5.32 Å². The summed E-state index contributed by atoms with van der Waals surface area (Å²) in [6.45, 7) is 2.16. The van der Waals surface area contributed by atoms with Crippen molar-refractivity contribution in [2.45, 2.75) is 44.6 Å². The Bertz CT molecular complexity index is 839. The zero-order valence-corrected chi connectivity index (χ0v) is 16.3. The van der Waals surface area contributed by atoms with Crippen LogP contribution in [0, 0.1) is 0 Å². The van der Waals surface area contributed by atoms with Crippen LogP contribution in [0.5, 0.6) is 0 Å². The molecule has 1 saturated heterocycles. The summed E-state index contributed by atoms with van der Waals surface area (Å²) in [5.74, 6) is 0.198. The number of rotatable bonds is 5. The van der Waals surface area contributed by atoms with Gasteiger partial charge in [0.15, 0.2) is 5.78 Å². The lowest BCUT2D eigenvalue weighted by Gasteiger charge is -2.32. The maximum atomic E-state index is 12.7. The molecule has 0 unspecified atom stereocenters. The number of Topliss-reactive ketones (excluding diaryl/α,β-unsaturated/α-hetero) is 1. The molecule has 1 amide bonds. The monoisotopic (exact) mass is 376 g/mol. The lowest BCUT2D eigenvalue weighted by Crippen LogP contribution is -2.45. The van der Waals surface area contributed by atoms with E-state index in [0.29, 0.717) is 12.1 Å². The number of carbonyl (C=O) groups excluding carboxylic acids is 2. The van der Waals surface area contributed by atoms with E-state index in [1.807, 2.05) is 36.4 Å². The SMILES string of the molecule is O=C(CN1CCC(NC(=O)c2ccccc2)CC1)c1ccc2c(c1)CCCC2. The Kier molecular flexibility index (Phi) is 5.87. The molecule has 2 aromatic rings. The third-order valence-corrected chi connectivity index (χ3v) is 6.00. The number of nitrogens with one attached hydrogen (secondary N) is 1. The van der Waals surface area contributed by atoms with Gasteiger partial charge in [-0.3, -0.25) is 14.5 Å². The molecule has 1 aliphatic heterocycles. The molecule has 1 fully saturated rings. The fourth-order valence-electron chi connectivity index (χ4n) is 4.29. The van der Waals surface area contributed by atoms with E-state index in [0.717, 1.165) is 44.3 Å². The van der Waals surface area contributed by atoms with Crippen LogP contribution in [0.15, 0.2) is 48.5 Å². The van der Waals surface area contributed by atoms with E-state index in [1.54, 1.807) is 0 Å². The molecule has 0 radical (unpaired) electrons. The van der Waals surface area contributed by atoms with Crippen LogP contribution in [0.4, 0.5) is 0 Å². The number of amides is 1. The number of benzene rings is 2. The predicted octanol–water partition coefficient (Wildman–Crippen LogP) is 3.64. The highest BCUT2D eigenvalue weighted by Crippen LogP contribution is 2.23. The first-order valence-electron chi connectivity index (χ1n) is 10.4. The number of aryl methyl sites for hydroxylation is 2. The highest BCUT2D eigenvalue weighted by atomic mass is 16.1. The van der Waals surface area contributed by atoms with E-state index < -0.39 is 0 Å². The molecule has 0 saturated carbocycles. The van der Waals surface area contributed by atoms with Gasteiger partial charge < -0.3 is 5.32 Å². The molecular formula is C24H28N2O2. The minimum absolute atomic E-state index is 0.0100. The fraction of sp³-hybridized carbons (Fsp3) is 0.417. The van der Waals surface area contributed by atoms with E-state index in [9.17, 15) is 9.59 Å². The van der Waals surface area contributed by atoms with Crippen molar-refractivity contribution in [2.75, 3.05) is 19.6 Å². The van der Waals surface area contributed by atoms with Crippen LogP contribution in [0.25, 0.3) is 0 Å². The Morgan fingerprint density at radius 3 is 2.36 bits per heavy atom. The summed E-state index contributed by atoms with van der Waals surface area (Å²) in [7, 11) is 0. The number of hydrogen-bond donors (Lipinski definition) is 1. The van der Waals surface area contributed by atoms with Crippen molar-refractivity contribution in [1.82, 2.24) is 10.2 Å². The molecule has 4 heteroatoms. The Hall–Kier alpha value is -2.46. The molecule has 1 aliphatic carbocycles. The standard InChI is InChI=1S/C24H28N2O2/c27-23(21-11-10-18-6-4-5-9-20(18)16-21)17-26-14-12-22(13-15-26)25-24(28)19-7-2-1-3-8-19/h1-3,7-8,10-11,16,22H,4-6,9,12-15,17H2,(H,25,28). The third kappa shape index (κ3) is 4.50. The lowest BCUT2D eigenvalue weighted by molar-refractivity contribution is 0.0859. The maximum absolute atomic E-state index is 12.7. The molecule has 1 heterocycles. The van der Waals surface area contributed by atoms with Crippen molar-refractivity contribution in [2.24, 2.45) is 0 Å². The van der Waals surface area contributed by atoms with Gasteiger partial charge in [-0.2, -0.15) is 0 Å². The van der Waals surface area contributed by atoms with Gasteiger partial charge in [-0.25, -0.2) is 0 Å². The van der Waals surface area contributed by atoms with Gasteiger partial charge in [0.05, 0.1) is 6.54 Å². The summed E-state index contributed by atoms with van der Waals surface area (Å²) in [6, 6.07) is 15.8. The average molecular weight is 377 g/mol. The largest absolute Gasteiger partial charge is 0.349 e. The molecule has 0 spiro atoms. The Morgan fingerprint density at radius 2 is 1.61 bits per heavy atom. The molecule has 0 bridgehead atoms. The van der Waals surface area contributed by atoms with E-state index in [2.05, 4.69) is 22.3 Å². The van der Waals surface area contributed by atoms with Crippen molar-refractivity contribution in [3.8, 4) is 0 Å². The first-order valence-corrected chi connectivity index (χ1v) is 10.4. The number of carbonyl (C=O) groups is 2. The summed E-state index contributed by atoms with van der Waals surface area (Å²) in [5.41, 5.74) is 4.32. The van der Waals surface area contributed by atoms with Gasteiger partial charge in [0.2, 0.25) is 0 Å². The zero-order valence-electron chi connectivity index (χ0n) is 16.3. The molecule has 2 aliphatic rings. The number of likely N-dealkylation sites (tertiary alicyclic amines) is 1. The molecule has 1 N–H and O–H groups in total. The summed E-state index contributed by atoms with van der Waals surface area (Å²) in [6.07, 6.45) is 6.50. The average Bonchev–Trinajstić information content (AvgIpc) is 2.75. The van der Waals surface area contributed by atoms with E-state index in [-0.39, 0.29) is 17.7 Å². The first-order chi connectivity index (χ1) is 13.7. The van der Waals surface area contributed by atoms with Crippen LogP contribution in [-0.4, -0.2) is 42.3 Å². The molecule has 0 aromatic heterocycles. The number of piperidine rings is 1. The second kappa shape index (κ2) is 8.70. The van der Waals surface area contributed by atoms with Crippen LogP contribution in [0.2, 0.25) is 0 Å². The number of hydrogen-bond acceptors (Lipinski definition) is 3. The van der Waals surface area contributed by atoms with Crippen molar-refractivity contribution in [1.29, 1.82) is 0 Å². The highest BCUT2D eigenvalue weighted by Gasteiger charge is 2.23. The van der Waals surface area contributed by atoms with Gasteiger partial charge in [0.25, 0.3) is 5.91 Å². The number of fused-ring (bicyclic) bond motifs is 1. The van der Waals surface area contributed by atoms with Crippen LogP contribution >= 0.6 is 0 Å². The van der Waals surface area contributed by atoms with E-state index in [1.165, 1.54) is 24.0 Å². The van der Waals surface area contributed by atoms with Crippen molar-refractivity contribution in [3.63, 3.8) is 0 Å². The van der Waals surface area contributed by atoms with Gasteiger partial charge in [-0.1, -0.05) is 30.3 Å². The van der Waals surface area contributed by atoms with Crippen molar-refractivity contribution in [3.05, 3.63) is 70.8 Å². The van der Waals surface area contributed by atoms with Crippen LogP contribution in [0.3, 0.4) is 0 Å². The fourth-order valence-corrected chi connectivity index (χ4v) is 4.29.